The van der Waals surface area contributed by atoms with Gasteiger partial charge in [0.25, 0.3) is 0 Å². The third-order valence-corrected chi connectivity index (χ3v) is 4.65. The number of nitrogens with one attached hydrogen (secondary N) is 1. The SMILES string of the molecule is CCNC(CC)(CO)CCCOC1CCC(C)CC1. The van der Waals surface area contributed by atoms with Crippen molar-refractivity contribution in [2.24, 2.45) is 5.92 Å². The fourth-order valence-corrected chi connectivity index (χ4v) is 3.07. The molecule has 0 bridgehead atoms. The molecule has 1 fully saturated rings. The summed E-state index contributed by atoms with van der Waals surface area (Å²) in [6.45, 7) is 8.55. The zero-order valence-electron chi connectivity index (χ0n) is 13.1. The van der Waals surface area contributed by atoms with Crippen molar-refractivity contribution in [1.82, 2.24) is 5.32 Å². The quantitative estimate of drug-likeness (QED) is 0.633. The highest BCUT2D eigenvalue weighted by Crippen LogP contribution is 2.26. The van der Waals surface area contributed by atoms with Crippen molar-refractivity contribution in [3.8, 4) is 0 Å². The van der Waals surface area contributed by atoms with Gasteiger partial charge in [-0.05, 0) is 57.4 Å². The van der Waals surface area contributed by atoms with E-state index in [9.17, 15) is 5.11 Å². The summed E-state index contributed by atoms with van der Waals surface area (Å²) in [5.41, 5.74) is -0.0980. The number of likely N-dealkylation sites (N-methyl/N-ethyl adjacent to an activating group) is 1. The van der Waals surface area contributed by atoms with Gasteiger partial charge in [-0.3, -0.25) is 0 Å². The Kier molecular flexibility index (Phi) is 7.96. The van der Waals surface area contributed by atoms with E-state index in [1.807, 2.05) is 0 Å². The standard InChI is InChI=1S/C16H33NO2/c1-4-16(13-18,17-5-2)11-6-12-19-15-9-7-14(3)8-10-15/h14-15,17-18H,4-13H2,1-3H3. The summed E-state index contributed by atoms with van der Waals surface area (Å²) in [6.07, 6.45) is 8.58. The molecule has 0 aliphatic heterocycles. The van der Waals surface area contributed by atoms with Crippen LogP contribution in [0.15, 0.2) is 0 Å². The highest BCUT2D eigenvalue weighted by Gasteiger charge is 2.25. The minimum atomic E-state index is -0.0980. The Morgan fingerprint density at radius 1 is 1.21 bits per heavy atom. The van der Waals surface area contributed by atoms with Crippen LogP contribution in [0.25, 0.3) is 0 Å². The van der Waals surface area contributed by atoms with Gasteiger partial charge in [-0.25, -0.2) is 0 Å². The monoisotopic (exact) mass is 271 g/mol. The Balaban J connectivity index is 2.18. The molecule has 1 aliphatic rings. The number of hydrogen-bond donors (Lipinski definition) is 2. The highest BCUT2D eigenvalue weighted by molar-refractivity contribution is 4.85. The molecule has 114 valence electrons. The van der Waals surface area contributed by atoms with Gasteiger partial charge in [0.15, 0.2) is 0 Å². The van der Waals surface area contributed by atoms with E-state index < -0.39 is 0 Å². The zero-order chi connectivity index (χ0) is 14.1. The van der Waals surface area contributed by atoms with Crippen molar-refractivity contribution in [2.75, 3.05) is 19.8 Å². The Morgan fingerprint density at radius 3 is 2.42 bits per heavy atom. The van der Waals surface area contributed by atoms with Crippen LogP contribution < -0.4 is 5.32 Å². The van der Waals surface area contributed by atoms with Gasteiger partial charge in [0.05, 0.1) is 12.7 Å². The summed E-state index contributed by atoms with van der Waals surface area (Å²) >= 11 is 0. The molecule has 0 aromatic carbocycles. The number of hydrogen-bond acceptors (Lipinski definition) is 3. The van der Waals surface area contributed by atoms with E-state index in [1.54, 1.807) is 0 Å². The van der Waals surface area contributed by atoms with Crippen LogP contribution >= 0.6 is 0 Å². The molecule has 0 heterocycles. The van der Waals surface area contributed by atoms with Crippen LogP contribution in [-0.2, 0) is 4.74 Å². The third-order valence-electron chi connectivity index (χ3n) is 4.65. The van der Waals surface area contributed by atoms with Crippen LogP contribution in [-0.4, -0.2) is 36.5 Å². The Morgan fingerprint density at radius 2 is 1.89 bits per heavy atom. The first-order valence-corrected chi connectivity index (χ1v) is 8.13. The first kappa shape index (κ1) is 16.9. The van der Waals surface area contributed by atoms with Crippen LogP contribution in [0.3, 0.4) is 0 Å². The van der Waals surface area contributed by atoms with Gasteiger partial charge in [0, 0.05) is 12.1 Å². The molecule has 1 saturated carbocycles. The van der Waals surface area contributed by atoms with E-state index in [1.165, 1.54) is 25.7 Å². The Hall–Kier alpha value is -0.120. The summed E-state index contributed by atoms with van der Waals surface area (Å²) in [6, 6.07) is 0. The van der Waals surface area contributed by atoms with Crippen molar-refractivity contribution in [3.05, 3.63) is 0 Å². The third kappa shape index (κ3) is 5.80. The molecule has 1 unspecified atom stereocenters. The number of ether oxygens (including phenoxy) is 1. The zero-order valence-corrected chi connectivity index (χ0v) is 13.1. The van der Waals surface area contributed by atoms with E-state index in [-0.39, 0.29) is 12.1 Å². The molecule has 1 atom stereocenters. The van der Waals surface area contributed by atoms with Crippen LogP contribution in [0.4, 0.5) is 0 Å². The molecular formula is C16H33NO2. The fraction of sp³-hybridized carbons (Fsp3) is 1.00. The second-order valence-electron chi connectivity index (χ2n) is 6.18. The van der Waals surface area contributed by atoms with Crippen LogP contribution in [0.1, 0.15) is 65.7 Å². The van der Waals surface area contributed by atoms with Gasteiger partial charge in [0.1, 0.15) is 0 Å². The largest absolute Gasteiger partial charge is 0.394 e. The van der Waals surface area contributed by atoms with E-state index in [0.717, 1.165) is 38.3 Å². The van der Waals surface area contributed by atoms with E-state index in [0.29, 0.717) is 6.10 Å². The second-order valence-corrected chi connectivity index (χ2v) is 6.18. The van der Waals surface area contributed by atoms with Crippen molar-refractivity contribution in [1.29, 1.82) is 0 Å². The Labute approximate surface area is 119 Å². The van der Waals surface area contributed by atoms with Gasteiger partial charge < -0.3 is 15.2 Å². The molecule has 0 spiro atoms. The highest BCUT2D eigenvalue weighted by atomic mass is 16.5. The predicted octanol–water partition coefficient (Wildman–Crippen LogP) is 3.11. The second kappa shape index (κ2) is 8.93. The molecule has 0 amide bonds. The molecule has 0 saturated heterocycles. The van der Waals surface area contributed by atoms with Crippen LogP contribution in [0, 0.1) is 5.92 Å². The summed E-state index contributed by atoms with van der Waals surface area (Å²) in [5, 5.41) is 13.0. The number of aliphatic hydroxyl groups excluding tert-OH is 1. The minimum Gasteiger partial charge on any atom is -0.394 e. The normalized spacial score (nSPS) is 27.2. The topological polar surface area (TPSA) is 41.5 Å². The van der Waals surface area contributed by atoms with E-state index >= 15 is 0 Å². The molecule has 3 heteroatoms. The smallest absolute Gasteiger partial charge is 0.0613 e. The van der Waals surface area contributed by atoms with Crippen molar-refractivity contribution in [3.63, 3.8) is 0 Å². The molecule has 1 rings (SSSR count). The van der Waals surface area contributed by atoms with Gasteiger partial charge in [-0.1, -0.05) is 20.8 Å². The van der Waals surface area contributed by atoms with E-state index in [2.05, 4.69) is 26.1 Å². The number of rotatable bonds is 9. The van der Waals surface area contributed by atoms with E-state index in [4.69, 9.17) is 4.74 Å². The van der Waals surface area contributed by atoms with Crippen LogP contribution in [0.2, 0.25) is 0 Å². The molecule has 2 N–H and O–H groups in total. The van der Waals surface area contributed by atoms with Crippen LogP contribution in [0.5, 0.6) is 0 Å². The molecule has 3 nitrogen and oxygen atoms in total. The molecule has 19 heavy (non-hydrogen) atoms. The van der Waals surface area contributed by atoms with Gasteiger partial charge in [-0.15, -0.1) is 0 Å². The predicted molar refractivity (Wildman–Crippen MR) is 80.4 cm³/mol. The maximum atomic E-state index is 9.58. The molecule has 0 radical (unpaired) electrons. The maximum Gasteiger partial charge on any atom is 0.0613 e. The lowest BCUT2D eigenvalue weighted by atomic mass is 9.89. The number of aliphatic hydroxyl groups is 1. The average Bonchev–Trinajstić information content (AvgIpc) is 2.44. The lowest BCUT2D eigenvalue weighted by Crippen LogP contribution is -2.48. The lowest BCUT2D eigenvalue weighted by Gasteiger charge is -2.32. The van der Waals surface area contributed by atoms with Gasteiger partial charge in [0.2, 0.25) is 0 Å². The van der Waals surface area contributed by atoms with Crippen molar-refractivity contribution < 1.29 is 9.84 Å². The van der Waals surface area contributed by atoms with Crippen molar-refractivity contribution >= 4 is 0 Å². The summed E-state index contributed by atoms with van der Waals surface area (Å²) in [4.78, 5) is 0. The minimum absolute atomic E-state index is 0.0980. The summed E-state index contributed by atoms with van der Waals surface area (Å²) < 4.78 is 5.98. The first-order chi connectivity index (χ1) is 9.15. The molecule has 0 aromatic rings. The Bertz CT molecular complexity index is 221. The molecular weight excluding hydrogens is 238 g/mol. The average molecular weight is 271 g/mol. The summed E-state index contributed by atoms with van der Waals surface area (Å²) in [5.74, 6) is 0.885. The maximum absolute atomic E-state index is 9.58. The fourth-order valence-electron chi connectivity index (χ4n) is 3.07. The first-order valence-electron chi connectivity index (χ1n) is 8.13. The lowest BCUT2D eigenvalue weighted by molar-refractivity contribution is 0.0132. The van der Waals surface area contributed by atoms with Crippen molar-refractivity contribution in [2.45, 2.75) is 77.4 Å². The summed E-state index contributed by atoms with van der Waals surface area (Å²) in [7, 11) is 0. The van der Waals surface area contributed by atoms with Gasteiger partial charge >= 0.3 is 0 Å². The van der Waals surface area contributed by atoms with Gasteiger partial charge in [-0.2, -0.15) is 0 Å². The molecule has 0 aromatic heterocycles. The molecule has 1 aliphatic carbocycles.